The third kappa shape index (κ3) is 2.20. The summed E-state index contributed by atoms with van der Waals surface area (Å²) in [6, 6.07) is 5.59. The van der Waals surface area contributed by atoms with E-state index in [4.69, 9.17) is 0 Å². The van der Waals surface area contributed by atoms with Crippen LogP contribution in [0.25, 0.3) is 5.65 Å². The van der Waals surface area contributed by atoms with Gasteiger partial charge in [0, 0.05) is 18.8 Å². The lowest BCUT2D eigenvalue weighted by atomic mass is 10.2. The van der Waals surface area contributed by atoms with E-state index in [2.05, 4.69) is 15.4 Å². The standard InChI is InChI=1S/C12H12N4OS/c17-10(9-3-6-18-8-9)7-13-11-2-5-16-12(15-11)1-4-14-16/h1-6,8,10,17H,7H2,(H,13,15). The molecule has 0 saturated heterocycles. The summed E-state index contributed by atoms with van der Waals surface area (Å²) >= 11 is 1.58. The van der Waals surface area contributed by atoms with Gasteiger partial charge in [0.05, 0.1) is 12.3 Å². The van der Waals surface area contributed by atoms with Gasteiger partial charge in [-0.1, -0.05) is 0 Å². The van der Waals surface area contributed by atoms with Gasteiger partial charge in [-0.2, -0.15) is 16.4 Å². The first-order valence-corrected chi connectivity index (χ1v) is 6.51. The van der Waals surface area contributed by atoms with Gasteiger partial charge in [0.2, 0.25) is 0 Å². The number of aromatic nitrogens is 3. The third-order valence-corrected chi connectivity index (χ3v) is 3.36. The fraction of sp³-hybridized carbons (Fsp3) is 0.167. The number of anilines is 1. The van der Waals surface area contributed by atoms with E-state index < -0.39 is 6.10 Å². The molecule has 0 spiro atoms. The van der Waals surface area contributed by atoms with Crippen molar-refractivity contribution < 1.29 is 5.11 Å². The van der Waals surface area contributed by atoms with Crippen molar-refractivity contribution in [1.29, 1.82) is 0 Å². The predicted molar refractivity (Wildman–Crippen MR) is 70.8 cm³/mol. The number of fused-ring (bicyclic) bond motifs is 1. The maximum atomic E-state index is 9.94. The van der Waals surface area contributed by atoms with Crippen LogP contribution in [0.3, 0.4) is 0 Å². The lowest BCUT2D eigenvalue weighted by Crippen LogP contribution is -2.12. The number of nitrogens with one attached hydrogen (secondary N) is 1. The zero-order chi connectivity index (χ0) is 12.4. The molecule has 0 amide bonds. The molecule has 0 radical (unpaired) electrons. The van der Waals surface area contributed by atoms with Crippen LogP contribution >= 0.6 is 11.3 Å². The molecule has 3 aromatic rings. The maximum Gasteiger partial charge on any atom is 0.157 e. The molecule has 18 heavy (non-hydrogen) atoms. The summed E-state index contributed by atoms with van der Waals surface area (Å²) in [5.74, 6) is 0.734. The average Bonchev–Trinajstić information content (AvgIpc) is 3.05. The Morgan fingerprint density at radius 3 is 3.17 bits per heavy atom. The van der Waals surface area contributed by atoms with Gasteiger partial charge in [-0.15, -0.1) is 0 Å². The predicted octanol–water partition coefficient (Wildman–Crippen LogP) is 1.94. The molecule has 0 aliphatic heterocycles. The van der Waals surface area contributed by atoms with E-state index in [1.54, 1.807) is 22.0 Å². The maximum absolute atomic E-state index is 9.94. The zero-order valence-corrected chi connectivity index (χ0v) is 10.3. The lowest BCUT2D eigenvalue weighted by Gasteiger charge is -2.10. The van der Waals surface area contributed by atoms with Crippen LogP contribution in [-0.2, 0) is 0 Å². The first kappa shape index (κ1) is 11.2. The Morgan fingerprint density at radius 1 is 1.39 bits per heavy atom. The van der Waals surface area contributed by atoms with Crippen molar-refractivity contribution in [2.75, 3.05) is 11.9 Å². The molecule has 0 aliphatic rings. The van der Waals surface area contributed by atoms with Crippen LogP contribution in [0.4, 0.5) is 5.82 Å². The number of hydrogen-bond donors (Lipinski definition) is 2. The van der Waals surface area contributed by atoms with Gasteiger partial charge in [-0.05, 0) is 28.5 Å². The van der Waals surface area contributed by atoms with E-state index in [9.17, 15) is 5.11 Å². The second-order valence-corrected chi connectivity index (χ2v) is 4.68. The topological polar surface area (TPSA) is 62.5 Å². The molecule has 1 atom stereocenters. The highest BCUT2D eigenvalue weighted by Crippen LogP contribution is 2.16. The normalized spacial score (nSPS) is 12.7. The molecule has 92 valence electrons. The van der Waals surface area contributed by atoms with Gasteiger partial charge in [-0.3, -0.25) is 0 Å². The molecule has 0 saturated carbocycles. The summed E-state index contributed by atoms with van der Waals surface area (Å²) in [6.07, 6.45) is 3.02. The van der Waals surface area contributed by atoms with Gasteiger partial charge in [0.1, 0.15) is 5.82 Å². The number of nitrogens with zero attached hydrogens (tertiary/aromatic N) is 3. The Hall–Kier alpha value is -1.92. The number of rotatable bonds is 4. The van der Waals surface area contributed by atoms with Crippen molar-refractivity contribution >= 4 is 22.8 Å². The van der Waals surface area contributed by atoms with E-state index in [0.717, 1.165) is 17.0 Å². The monoisotopic (exact) mass is 260 g/mol. The summed E-state index contributed by atoms with van der Waals surface area (Å²) in [5, 5.41) is 21.0. The highest BCUT2D eigenvalue weighted by molar-refractivity contribution is 7.07. The van der Waals surface area contributed by atoms with Crippen molar-refractivity contribution in [3.63, 3.8) is 0 Å². The van der Waals surface area contributed by atoms with Crippen LogP contribution in [0, 0.1) is 0 Å². The first-order valence-electron chi connectivity index (χ1n) is 5.57. The van der Waals surface area contributed by atoms with Crippen molar-refractivity contribution in [2.45, 2.75) is 6.10 Å². The van der Waals surface area contributed by atoms with Crippen molar-refractivity contribution in [2.24, 2.45) is 0 Å². The van der Waals surface area contributed by atoms with E-state index >= 15 is 0 Å². The molecule has 1 unspecified atom stereocenters. The van der Waals surface area contributed by atoms with Crippen LogP contribution in [0.2, 0.25) is 0 Å². The molecule has 3 heterocycles. The van der Waals surface area contributed by atoms with Crippen LogP contribution in [0.1, 0.15) is 11.7 Å². The van der Waals surface area contributed by atoms with E-state index in [1.807, 2.05) is 35.2 Å². The minimum absolute atomic E-state index is 0.439. The molecule has 2 N–H and O–H groups in total. The van der Waals surface area contributed by atoms with Crippen molar-refractivity contribution in [3.05, 3.63) is 46.9 Å². The molecular formula is C12H12N4OS. The van der Waals surface area contributed by atoms with Crippen LogP contribution < -0.4 is 5.32 Å². The average molecular weight is 260 g/mol. The Balaban J connectivity index is 1.69. The Morgan fingerprint density at radius 2 is 2.33 bits per heavy atom. The molecule has 0 aliphatic carbocycles. The third-order valence-electron chi connectivity index (χ3n) is 2.66. The van der Waals surface area contributed by atoms with Crippen molar-refractivity contribution in [3.8, 4) is 0 Å². The number of aliphatic hydroxyl groups excluding tert-OH is 1. The minimum Gasteiger partial charge on any atom is -0.387 e. The highest BCUT2D eigenvalue weighted by Gasteiger charge is 2.07. The van der Waals surface area contributed by atoms with E-state index in [0.29, 0.717) is 6.54 Å². The van der Waals surface area contributed by atoms with Crippen LogP contribution in [0.5, 0.6) is 0 Å². The Bertz CT molecular complexity index is 634. The fourth-order valence-corrected chi connectivity index (χ4v) is 2.40. The van der Waals surface area contributed by atoms with Gasteiger partial charge in [-0.25, -0.2) is 9.50 Å². The molecule has 3 aromatic heterocycles. The van der Waals surface area contributed by atoms with Crippen molar-refractivity contribution in [1.82, 2.24) is 14.6 Å². The Labute approximate surface area is 108 Å². The molecule has 5 nitrogen and oxygen atoms in total. The lowest BCUT2D eigenvalue weighted by molar-refractivity contribution is 0.192. The van der Waals surface area contributed by atoms with Crippen LogP contribution in [-0.4, -0.2) is 26.2 Å². The highest BCUT2D eigenvalue weighted by atomic mass is 32.1. The Kier molecular flexibility index (Phi) is 2.95. The summed E-state index contributed by atoms with van der Waals surface area (Å²) < 4.78 is 1.69. The zero-order valence-electron chi connectivity index (χ0n) is 9.52. The summed E-state index contributed by atoms with van der Waals surface area (Å²) in [4.78, 5) is 4.37. The van der Waals surface area contributed by atoms with Crippen LogP contribution in [0.15, 0.2) is 41.4 Å². The number of hydrogen-bond acceptors (Lipinski definition) is 5. The molecule has 6 heteroatoms. The molecule has 0 fully saturated rings. The summed E-state index contributed by atoms with van der Waals surface area (Å²) in [7, 11) is 0. The van der Waals surface area contributed by atoms with Gasteiger partial charge < -0.3 is 10.4 Å². The largest absolute Gasteiger partial charge is 0.387 e. The first-order chi connectivity index (χ1) is 8.83. The summed E-state index contributed by atoms with van der Waals surface area (Å²) in [5.41, 5.74) is 1.71. The molecule has 0 aromatic carbocycles. The van der Waals surface area contributed by atoms with Gasteiger partial charge >= 0.3 is 0 Å². The number of thiophene rings is 1. The quantitative estimate of drug-likeness (QED) is 0.752. The minimum atomic E-state index is -0.515. The molecule has 3 rings (SSSR count). The van der Waals surface area contributed by atoms with E-state index in [-0.39, 0.29) is 0 Å². The van der Waals surface area contributed by atoms with Gasteiger partial charge in [0.15, 0.2) is 5.65 Å². The number of aliphatic hydroxyl groups is 1. The molecule has 0 bridgehead atoms. The smallest absolute Gasteiger partial charge is 0.157 e. The fourth-order valence-electron chi connectivity index (χ4n) is 1.69. The van der Waals surface area contributed by atoms with Gasteiger partial charge in [0.25, 0.3) is 0 Å². The van der Waals surface area contributed by atoms with E-state index in [1.165, 1.54) is 0 Å². The molecular weight excluding hydrogens is 248 g/mol. The second-order valence-electron chi connectivity index (χ2n) is 3.90. The summed E-state index contributed by atoms with van der Waals surface area (Å²) in [6.45, 7) is 0.439. The SMILES string of the molecule is OC(CNc1ccn2nccc2n1)c1ccsc1. The second kappa shape index (κ2) is 4.75.